The molecule has 1 aliphatic rings. The van der Waals surface area contributed by atoms with Crippen molar-refractivity contribution in [1.29, 1.82) is 0 Å². The molecule has 0 saturated heterocycles. The van der Waals surface area contributed by atoms with Gasteiger partial charge in [-0.1, -0.05) is 13.8 Å². The highest BCUT2D eigenvalue weighted by atomic mass is 32.1. The van der Waals surface area contributed by atoms with Gasteiger partial charge in [-0.3, -0.25) is 4.79 Å². The van der Waals surface area contributed by atoms with Crippen LogP contribution in [-0.2, 0) is 17.8 Å². The van der Waals surface area contributed by atoms with E-state index in [1.165, 1.54) is 0 Å². The van der Waals surface area contributed by atoms with Crippen molar-refractivity contribution in [2.24, 2.45) is 0 Å². The molecule has 7 heteroatoms. The lowest BCUT2D eigenvalue weighted by atomic mass is 10.1. The minimum atomic E-state index is -0.0803. The standard InChI is InChI=1S/C16H21N5OS/c1-10(2)16-20-19-14-6-4-12(8-21(14)16)18-15(22)7-5-13-9-23-11(3)17-13/h5,7,9-10,12H,4,6,8H2,1-3H3,(H,18,22)/b7-5+/t12-/m0/s1. The van der Waals surface area contributed by atoms with Crippen LogP contribution >= 0.6 is 11.3 Å². The molecule has 3 rings (SSSR count). The smallest absolute Gasteiger partial charge is 0.244 e. The van der Waals surface area contributed by atoms with Gasteiger partial charge in [0, 0.05) is 36.4 Å². The van der Waals surface area contributed by atoms with Crippen LogP contribution in [0.25, 0.3) is 6.08 Å². The Balaban J connectivity index is 1.61. The highest BCUT2D eigenvalue weighted by molar-refractivity contribution is 7.09. The van der Waals surface area contributed by atoms with Gasteiger partial charge in [0.15, 0.2) is 0 Å². The minimum Gasteiger partial charge on any atom is -0.348 e. The summed E-state index contributed by atoms with van der Waals surface area (Å²) in [5, 5.41) is 14.5. The van der Waals surface area contributed by atoms with Gasteiger partial charge >= 0.3 is 0 Å². The molecule has 122 valence electrons. The second kappa shape index (κ2) is 6.62. The lowest BCUT2D eigenvalue weighted by Crippen LogP contribution is -2.40. The third kappa shape index (κ3) is 3.67. The van der Waals surface area contributed by atoms with Crippen molar-refractivity contribution in [2.45, 2.75) is 52.1 Å². The molecule has 0 bridgehead atoms. The number of nitrogens with one attached hydrogen (secondary N) is 1. The number of carbonyl (C=O) groups excluding carboxylic acids is 1. The molecule has 2 aromatic rings. The Morgan fingerprint density at radius 1 is 1.48 bits per heavy atom. The van der Waals surface area contributed by atoms with Gasteiger partial charge in [-0.2, -0.15) is 0 Å². The molecule has 1 amide bonds. The number of hydrogen-bond acceptors (Lipinski definition) is 5. The normalized spacial score (nSPS) is 17.7. The zero-order chi connectivity index (χ0) is 16.4. The predicted molar refractivity (Wildman–Crippen MR) is 90.2 cm³/mol. The number of aryl methyl sites for hydroxylation is 2. The Morgan fingerprint density at radius 3 is 3.00 bits per heavy atom. The highest BCUT2D eigenvalue weighted by Crippen LogP contribution is 2.20. The molecule has 1 N–H and O–H groups in total. The molecular formula is C16H21N5OS. The molecule has 0 radical (unpaired) electrons. The molecule has 6 nitrogen and oxygen atoms in total. The van der Waals surface area contributed by atoms with Crippen molar-refractivity contribution in [1.82, 2.24) is 25.1 Å². The maximum Gasteiger partial charge on any atom is 0.244 e. The molecule has 3 heterocycles. The largest absolute Gasteiger partial charge is 0.348 e. The zero-order valence-electron chi connectivity index (χ0n) is 13.6. The van der Waals surface area contributed by atoms with E-state index in [1.54, 1.807) is 23.5 Å². The SMILES string of the molecule is Cc1nc(/C=C/C(=O)N[C@H]2CCc3nnc(C(C)C)n3C2)cs1. The minimum absolute atomic E-state index is 0.0803. The fraction of sp³-hybridized carbons (Fsp3) is 0.500. The fourth-order valence-corrected chi connectivity index (χ4v) is 3.34. The van der Waals surface area contributed by atoms with Crippen LogP contribution in [0.1, 0.15) is 48.5 Å². The second-order valence-electron chi connectivity index (χ2n) is 6.11. The van der Waals surface area contributed by atoms with Gasteiger partial charge in [0.05, 0.1) is 10.7 Å². The van der Waals surface area contributed by atoms with Gasteiger partial charge in [-0.05, 0) is 19.4 Å². The first-order valence-electron chi connectivity index (χ1n) is 7.85. The van der Waals surface area contributed by atoms with Crippen LogP contribution in [0.4, 0.5) is 0 Å². The summed E-state index contributed by atoms with van der Waals surface area (Å²) in [6.45, 7) is 6.91. The fourth-order valence-electron chi connectivity index (χ4n) is 2.76. The van der Waals surface area contributed by atoms with Crippen molar-refractivity contribution in [3.8, 4) is 0 Å². The molecule has 0 spiro atoms. The number of thiazole rings is 1. The molecule has 0 unspecified atom stereocenters. The molecule has 0 saturated carbocycles. The molecule has 0 aromatic carbocycles. The molecule has 23 heavy (non-hydrogen) atoms. The first kappa shape index (κ1) is 15.9. The van der Waals surface area contributed by atoms with E-state index in [2.05, 4.69) is 38.9 Å². The van der Waals surface area contributed by atoms with Crippen molar-refractivity contribution >= 4 is 23.3 Å². The zero-order valence-corrected chi connectivity index (χ0v) is 14.4. The third-order valence-electron chi connectivity index (χ3n) is 3.88. The summed E-state index contributed by atoms with van der Waals surface area (Å²) in [6, 6.07) is 0.116. The van der Waals surface area contributed by atoms with Crippen LogP contribution in [0.2, 0.25) is 0 Å². The number of carbonyl (C=O) groups is 1. The van der Waals surface area contributed by atoms with Crippen LogP contribution in [0.5, 0.6) is 0 Å². The molecule has 0 fully saturated rings. The summed E-state index contributed by atoms with van der Waals surface area (Å²) in [4.78, 5) is 16.4. The van der Waals surface area contributed by atoms with E-state index in [1.807, 2.05) is 12.3 Å². The first-order chi connectivity index (χ1) is 11.0. The van der Waals surface area contributed by atoms with E-state index in [9.17, 15) is 4.79 Å². The van der Waals surface area contributed by atoms with E-state index in [0.717, 1.165) is 41.7 Å². The van der Waals surface area contributed by atoms with Gasteiger partial charge in [0.25, 0.3) is 0 Å². The Kier molecular flexibility index (Phi) is 4.56. The maximum atomic E-state index is 12.1. The van der Waals surface area contributed by atoms with Crippen molar-refractivity contribution < 1.29 is 4.79 Å². The Hall–Kier alpha value is -2.02. The lowest BCUT2D eigenvalue weighted by Gasteiger charge is -2.25. The average molecular weight is 331 g/mol. The van der Waals surface area contributed by atoms with E-state index in [0.29, 0.717) is 5.92 Å². The summed E-state index contributed by atoms with van der Waals surface area (Å²) < 4.78 is 2.15. The van der Waals surface area contributed by atoms with Gasteiger partial charge in [0.1, 0.15) is 11.6 Å². The van der Waals surface area contributed by atoms with Gasteiger partial charge in [-0.25, -0.2) is 4.98 Å². The summed E-state index contributed by atoms with van der Waals surface area (Å²) in [5.41, 5.74) is 0.828. The number of aromatic nitrogens is 4. The predicted octanol–water partition coefficient (Wildman–Crippen LogP) is 2.31. The molecule has 1 aliphatic heterocycles. The van der Waals surface area contributed by atoms with Crippen LogP contribution in [0.15, 0.2) is 11.5 Å². The second-order valence-corrected chi connectivity index (χ2v) is 7.17. The summed E-state index contributed by atoms with van der Waals surface area (Å²) >= 11 is 1.58. The molecule has 2 aromatic heterocycles. The Morgan fingerprint density at radius 2 is 2.30 bits per heavy atom. The Labute approximate surface area is 139 Å². The Bertz CT molecular complexity index is 731. The quantitative estimate of drug-likeness (QED) is 0.873. The van der Waals surface area contributed by atoms with Gasteiger partial charge in [0.2, 0.25) is 5.91 Å². The number of fused-ring (bicyclic) bond motifs is 1. The van der Waals surface area contributed by atoms with E-state index in [-0.39, 0.29) is 11.9 Å². The van der Waals surface area contributed by atoms with Crippen LogP contribution in [0, 0.1) is 6.92 Å². The van der Waals surface area contributed by atoms with E-state index in [4.69, 9.17) is 0 Å². The van der Waals surface area contributed by atoms with Crippen LogP contribution < -0.4 is 5.32 Å². The molecule has 1 atom stereocenters. The van der Waals surface area contributed by atoms with Gasteiger partial charge < -0.3 is 9.88 Å². The van der Waals surface area contributed by atoms with Gasteiger partial charge in [-0.15, -0.1) is 21.5 Å². The molecular weight excluding hydrogens is 310 g/mol. The number of hydrogen-bond donors (Lipinski definition) is 1. The van der Waals surface area contributed by atoms with E-state index < -0.39 is 0 Å². The third-order valence-corrected chi connectivity index (χ3v) is 4.67. The van der Waals surface area contributed by atoms with Crippen LogP contribution in [0.3, 0.4) is 0 Å². The number of nitrogens with zero attached hydrogens (tertiary/aromatic N) is 4. The summed E-state index contributed by atoms with van der Waals surface area (Å²) in [7, 11) is 0. The lowest BCUT2D eigenvalue weighted by molar-refractivity contribution is -0.117. The van der Waals surface area contributed by atoms with Crippen molar-refractivity contribution in [3.63, 3.8) is 0 Å². The summed E-state index contributed by atoms with van der Waals surface area (Å²) in [6.07, 6.45) is 5.05. The van der Waals surface area contributed by atoms with Crippen molar-refractivity contribution in [3.05, 3.63) is 33.8 Å². The summed E-state index contributed by atoms with van der Waals surface area (Å²) in [5.74, 6) is 2.27. The number of amides is 1. The monoisotopic (exact) mass is 331 g/mol. The van der Waals surface area contributed by atoms with Crippen molar-refractivity contribution in [2.75, 3.05) is 0 Å². The topological polar surface area (TPSA) is 72.7 Å². The maximum absolute atomic E-state index is 12.1. The average Bonchev–Trinajstić information content (AvgIpc) is 3.11. The van der Waals surface area contributed by atoms with E-state index >= 15 is 0 Å². The first-order valence-corrected chi connectivity index (χ1v) is 8.73. The molecule has 0 aliphatic carbocycles. The van der Waals surface area contributed by atoms with Crippen LogP contribution in [-0.4, -0.2) is 31.7 Å². The number of rotatable bonds is 4. The highest BCUT2D eigenvalue weighted by Gasteiger charge is 2.24.